The zero-order chi connectivity index (χ0) is 11.1. The molecule has 2 saturated carbocycles. The van der Waals surface area contributed by atoms with Crippen LogP contribution < -0.4 is 0 Å². The summed E-state index contributed by atoms with van der Waals surface area (Å²) in [6.45, 7) is 5.72. The molecule has 0 aromatic rings. The van der Waals surface area contributed by atoms with Crippen LogP contribution in [-0.2, 0) is 9.53 Å². The quantitative estimate of drug-likeness (QED) is 0.489. The number of hydrogen-bond donors (Lipinski definition) is 0. The second kappa shape index (κ2) is 3.66. The van der Waals surface area contributed by atoms with E-state index in [0.717, 1.165) is 12.3 Å². The first-order valence-corrected chi connectivity index (χ1v) is 5.87. The van der Waals surface area contributed by atoms with Gasteiger partial charge < -0.3 is 4.74 Å². The van der Waals surface area contributed by atoms with Crippen molar-refractivity contribution in [1.29, 1.82) is 0 Å². The maximum atomic E-state index is 11.6. The first-order chi connectivity index (χ1) is 6.94. The molecule has 2 aliphatic carbocycles. The lowest BCUT2D eigenvalue weighted by atomic mass is 9.94. The maximum absolute atomic E-state index is 11.6. The molecule has 0 amide bonds. The molecule has 0 aromatic carbocycles. The van der Waals surface area contributed by atoms with E-state index in [9.17, 15) is 4.79 Å². The van der Waals surface area contributed by atoms with Crippen LogP contribution in [0.2, 0.25) is 0 Å². The molecule has 2 nitrogen and oxygen atoms in total. The van der Waals surface area contributed by atoms with Gasteiger partial charge in [0.2, 0.25) is 0 Å². The highest BCUT2D eigenvalue weighted by Gasteiger charge is 2.35. The fourth-order valence-corrected chi connectivity index (χ4v) is 2.76. The van der Waals surface area contributed by atoms with Crippen LogP contribution in [0.3, 0.4) is 0 Å². The molecule has 0 heterocycles. The van der Waals surface area contributed by atoms with Crippen molar-refractivity contribution in [3.8, 4) is 0 Å². The molecule has 84 valence electrons. The Kier molecular flexibility index (Phi) is 2.61. The van der Waals surface area contributed by atoms with Crippen LogP contribution in [0, 0.1) is 11.8 Å². The topological polar surface area (TPSA) is 26.3 Å². The summed E-state index contributed by atoms with van der Waals surface area (Å²) in [5.41, 5.74) is 0.965. The minimum Gasteiger partial charge on any atom is -0.457 e. The fourth-order valence-electron chi connectivity index (χ4n) is 2.76. The van der Waals surface area contributed by atoms with Crippen LogP contribution in [0.4, 0.5) is 0 Å². The Morgan fingerprint density at radius 3 is 2.60 bits per heavy atom. The van der Waals surface area contributed by atoms with Crippen LogP contribution in [-0.4, -0.2) is 11.6 Å². The molecule has 2 heteroatoms. The largest absolute Gasteiger partial charge is 0.457 e. The third-order valence-electron chi connectivity index (χ3n) is 3.30. The molecule has 0 radical (unpaired) electrons. The molecule has 2 rings (SSSR count). The second-order valence-electron chi connectivity index (χ2n) is 5.83. The van der Waals surface area contributed by atoms with Gasteiger partial charge in [-0.25, -0.2) is 4.79 Å². The minimum absolute atomic E-state index is 0.162. The van der Waals surface area contributed by atoms with Gasteiger partial charge in [-0.3, -0.25) is 0 Å². The summed E-state index contributed by atoms with van der Waals surface area (Å²) in [7, 11) is 0. The predicted octanol–water partition coefficient (Wildman–Crippen LogP) is 3.07. The van der Waals surface area contributed by atoms with Gasteiger partial charge in [0, 0.05) is 6.08 Å². The molecule has 15 heavy (non-hydrogen) atoms. The molecule has 2 atom stereocenters. The third kappa shape index (κ3) is 2.61. The molecular weight excluding hydrogens is 188 g/mol. The van der Waals surface area contributed by atoms with Crippen molar-refractivity contribution in [2.75, 3.05) is 0 Å². The first-order valence-electron chi connectivity index (χ1n) is 5.87. The highest BCUT2D eigenvalue weighted by molar-refractivity contribution is 5.83. The Hall–Kier alpha value is -0.790. The predicted molar refractivity (Wildman–Crippen MR) is 59.4 cm³/mol. The van der Waals surface area contributed by atoms with Crippen LogP contribution in [0.1, 0.15) is 46.5 Å². The van der Waals surface area contributed by atoms with Crippen molar-refractivity contribution < 1.29 is 9.53 Å². The summed E-state index contributed by atoms with van der Waals surface area (Å²) >= 11 is 0. The van der Waals surface area contributed by atoms with E-state index in [4.69, 9.17) is 4.74 Å². The van der Waals surface area contributed by atoms with Crippen molar-refractivity contribution in [1.82, 2.24) is 0 Å². The number of ether oxygens (including phenoxy) is 1. The van der Waals surface area contributed by atoms with E-state index in [1.54, 1.807) is 6.08 Å². The Morgan fingerprint density at radius 1 is 1.40 bits per heavy atom. The zero-order valence-electron chi connectivity index (χ0n) is 9.88. The average molecular weight is 208 g/mol. The third-order valence-corrected chi connectivity index (χ3v) is 3.30. The summed E-state index contributed by atoms with van der Waals surface area (Å²) in [5.74, 6) is 1.37. The molecule has 2 unspecified atom stereocenters. The normalized spacial score (nSPS) is 32.3. The van der Waals surface area contributed by atoms with E-state index in [-0.39, 0.29) is 11.6 Å². The molecule has 0 aliphatic heterocycles. The lowest BCUT2D eigenvalue weighted by Gasteiger charge is -2.19. The SMILES string of the molecule is CC(C)(C)OC(=O)/C=C1/CC2CCC1C2. The van der Waals surface area contributed by atoms with E-state index in [0.29, 0.717) is 5.92 Å². The monoisotopic (exact) mass is 208 g/mol. The van der Waals surface area contributed by atoms with Gasteiger partial charge in [-0.1, -0.05) is 5.57 Å². The summed E-state index contributed by atoms with van der Waals surface area (Å²) in [5, 5.41) is 0. The van der Waals surface area contributed by atoms with E-state index in [1.165, 1.54) is 24.8 Å². The van der Waals surface area contributed by atoms with Crippen molar-refractivity contribution in [3.05, 3.63) is 11.6 Å². The van der Waals surface area contributed by atoms with Crippen LogP contribution >= 0.6 is 0 Å². The smallest absolute Gasteiger partial charge is 0.331 e. The average Bonchev–Trinajstić information content (AvgIpc) is 2.60. The van der Waals surface area contributed by atoms with Gasteiger partial charge in [0.05, 0.1) is 0 Å². The first kappa shape index (κ1) is 10.7. The number of fused-ring (bicyclic) bond motifs is 2. The molecule has 0 spiro atoms. The van der Waals surface area contributed by atoms with E-state index >= 15 is 0 Å². The molecule has 0 saturated heterocycles. The number of carbonyl (C=O) groups is 1. The fraction of sp³-hybridized carbons (Fsp3) is 0.769. The highest BCUT2D eigenvalue weighted by Crippen LogP contribution is 2.47. The lowest BCUT2D eigenvalue weighted by Crippen LogP contribution is -2.23. The van der Waals surface area contributed by atoms with E-state index < -0.39 is 0 Å². The van der Waals surface area contributed by atoms with Gasteiger partial charge in [-0.05, 0) is 58.3 Å². The number of hydrogen-bond acceptors (Lipinski definition) is 2. The number of rotatable bonds is 1. The van der Waals surface area contributed by atoms with Gasteiger partial charge in [-0.2, -0.15) is 0 Å². The summed E-state index contributed by atoms with van der Waals surface area (Å²) in [6, 6.07) is 0. The molecule has 0 aromatic heterocycles. The lowest BCUT2D eigenvalue weighted by molar-refractivity contribution is -0.148. The number of carbonyl (C=O) groups excluding carboxylic acids is 1. The Morgan fingerprint density at radius 2 is 2.13 bits per heavy atom. The van der Waals surface area contributed by atoms with Gasteiger partial charge in [0.1, 0.15) is 5.60 Å². The van der Waals surface area contributed by atoms with Gasteiger partial charge >= 0.3 is 5.97 Å². The summed E-state index contributed by atoms with van der Waals surface area (Å²) in [6.07, 6.45) is 6.81. The summed E-state index contributed by atoms with van der Waals surface area (Å²) in [4.78, 5) is 11.6. The van der Waals surface area contributed by atoms with Gasteiger partial charge in [-0.15, -0.1) is 0 Å². The van der Waals surface area contributed by atoms with Crippen molar-refractivity contribution >= 4 is 5.97 Å². The molecule has 2 fully saturated rings. The molecular formula is C13H20O2. The maximum Gasteiger partial charge on any atom is 0.331 e. The Bertz CT molecular complexity index is 296. The molecule has 2 aliphatic rings. The molecule has 0 N–H and O–H groups in total. The van der Waals surface area contributed by atoms with Gasteiger partial charge in [0.15, 0.2) is 0 Å². The van der Waals surface area contributed by atoms with Gasteiger partial charge in [0.25, 0.3) is 0 Å². The van der Waals surface area contributed by atoms with Crippen molar-refractivity contribution in [3.63, 3.8) is 0 Å². The number of allylic oxidation sites excluding steroid dienone is 1. The van der Waals surface area contributed by atoms with E-state index in [2.05, 4.69) is 0 Å². The van der Waals surface area contributed by atoms with Crippen LogP contribution in [0.15, 0.2) is 11.6 Å². The summed E-state index contributed by atoms with van der Waals surface area (Å²) < 4.78 is 5.29. The zero-order valence-corrected chi connectivity index (χ0v) is 9.88. The highest BCUT2D eigenvalue weighted by atomic mass is 16.6. The second-order valence-corrected chi connectivity index (χ2v) is 5.83. The van der Waals surface area contributed by atoms with Crippen molar-refractivity contribution in [2.45, 2.75) is 52.1 Å². The standard InChI is InChI=1S/C13H20O2/c1-13(2,3)15-12(14)8-11-7-9-4-5-10(11)6-9/h8-10H,4-7H2,1-3H3/b11-8-. The Labute approximate surface area is 91.7 Å². The van der Waals surface area contributed by atoms with Crippen LogP contribution in [0.25, 0.3) is 0 Å². The Balaban J connectivity index is 1.96. The van der Waals surface area contributed by atoms with Crippen molar-refractivity contribution in [2.24, 2.45) is 11.8 Å². The minimum atomic E-state index is -0.369. The number of esters is 1. The van der Waals surface area contributed by atoms with Crippen LogP contribution in [0.5, 0.6) is 0 Å². The van der Waals surface area contributed by atoms with E-state index in [1.807, 2.05) is 20.8 Å². The molecule has 2 bridgehead atoms.